The van der Waals surface area contributed by atoms with Crippen molar-refractivity contribution in [2.75, 3.05) is 6.61 Å². The van der Waals surface area contributed by atoms with Gasteiger partial charge < -0.3 is 47.3 Å². The van der Waals surface area contributed by atoms with Gasteiger partial charge in [-0.2, -0.15) is 0 Å². The SMILES string of the molecule is CC(C)[C@H]1NC(=O)[C@H](Cc2ccccc2)NC(=O)[C@@H](C(C)C)NC(=O)[C@@H](C)NC(=O)[C@H](CO)NC(=O)[C@@H](Cc2c[nH]c3ccccc23)NC(=O)[C@@H](C)NC1=O. The minimum Gasteiger partial charge on any atom is -0.394 e. The number of rotatable bonds is 7. The molecule has 296 valence electrons. The topological polar surface area (TPSA) is 240 Å². The van der Waals surface area contributed by atoms with Crippen molar-refractivity contribution in [3.05, 3.63) is 71.9 Å². The molecule has 1 fully saturated rings. The van der Waals surface area contributed by atoms with E-state index in [0.29, 0.717) is 5.56 Å². The van der Waals surface area contributed by atoms with Crippen LogP contribution in [0.5, 0.6) is 0 Å². The maximum Gasteiger partial charge on any atom is 0.245 e. The highest BCUT2D eigenvalue weighted by molar-refractivity contribution is 5.99. The van der Waals surface area contributed by atoms with Crippen LogP contribution in [0.3, 0.4) is 0 Å². The minimum absolute atomic E-state index is 0.0358. The molecule has 1 aromatic heterocycles. The van der Waals surface area contributed by atoms with Crippen LogP contribution < -0.4 is 37.2 Å². The molecule has 55 heavy (non-hydrogen) atoms. The number of amides is 7. The third-order valence-electron chi connectivity index (χ3n) is 9.46. The molecule has 16 nitrogen and oxygen atoms in total. The van der Waals surface area contributed by atoms with Crippen molar-refractivity contribution < 1.29 is 38.7 Å². The molecule has 0 saturated carbocycles. The van der Waals surface area contributed by atoms with E-state index in [1.807, 2.05) is 24.3 Å². The quantitative estimate of drug-likeness (QED) is 0.155. The molecule has 1 saturated heterocycles. The fourth-order valence-electron chi connectivity index (χ4n) is 6.16. The Morgan fingerprint density at radius 1 is 0.527 bits per heavy atom. The van der Waals surface area contributed by atoms with Crippen molar-refractivity contribution in [1.82, 2.24) is 42.2 Å². The minimum atomic E-state index is -1.52. The summed E-state index contributed by atoms with van der Waals surface area (Å²) in [5.74, 6) is -6.15. The van der Waals surface area contributed by atoms with Gasteiger partial charge in [0.15, 0.2) is 0 Å². The van der Waals surface area contributed by atoms with E-state index in [-0.39, 0.29) is 12.8 Å². The van der Waals surface area contributed by atoms with Gasteiger partial charge in [-0.3, -0.25) is 33.6 Å². The highest BCUT2D eigenvalue weighted by Crippen LogP contribution is 2.19. The van der Waals surface area contributed by atoms with E-state index in [1.54, 1.807) is 64.2 Å². The molecule has 7 amide bonds. The van der Waals surface area contributed by atoms with E-state index in [2.05, 4.69) is 42.2 Å². The number of fused-ring (bicyclic) bond motifs is 1. The Kier molecular flexibility index (Phi) is 14.5. The second kappa shape index (κ2) is 19.0. The van der Waals surface area contributed by atoms with E-state index < -0.39 is 102 Å². The number of aromatic nitrogens is 1. The van der Waals surface area contributed by atoms with Gasteiger partial charge in [0.2, 0.25) is 41.4 Å². The van der Waals surface area contributed by atoms with Gasteiger partial charge in [-0.15, -0.1) is 0 Å². The molecule has 7 atom stereocenters. The Morgan fingerprint density at radius 2 is 0.982 bits per heavy atom. The monoisotopic (exact) mass is 760 g/mol. The molecule has 3 aromatic rings. The Bertz CT molecular complexity index is 1860. The van der Waals surface area contributed by atoms with Crippen LogP contribution in [0.1, 0.15) is 52.7 Å². The molecule has 16 heteroatoms. The number of carbonyl (C=O) groups excluding carboxylic acids is 7. The van der Waals surface area contributed by atoms with Gasteiger partial charge in [0.25, 0.3) is 0 Å². The largest absolute Gasteiger partial charge is 0.394 e. The highest BCUT2D eigenvalue weighted by atomic mass is 16.3. The molecular formula is C39H52N8O8. The van der Waals surface area contributed by atoms with Crippen LogP contribution in [-0.2, 0) is 46.4 Å². The first-order chi connectivity index (χ1) is 26.1. The molecule has 0 aliphatic carbocycles. The average Bonchev–Trinajstić information content (AvgIpc) is 3.56. The Morgan fingerprint density at radius 3 is 1.60 bits per heavy atom. The summed E-state index contributed by atoms with van der Waals surface area (Å²) in [6, 6.07) is 7.57. The number of carbonyl (C=O) groups is 7. The Hall–Kier alpha value is -5.77. The second-order valence-electron chi connectivity index (χ2n) is 14.5. The van der Waals surface area contributed by atoms with Crippen molar-refractivity contribution >= 4 is 52.3 Å². The standard InChI is InChI=1S/C39H52N8O8/c1-20(2)31-38(54)42-22(5)33(49)43-29(17-25-18-40-27-15-11-10-14-26(25)27)35(51)45-30(19-48)37(53)41-23(6)34(50)46-32(21(3)4)39(55)44-28(36(52)47-31)16-24-12-8-7-9-13-24/h7-15,18,20-23,28-32,40,48H,16-17,19H2,1-6H3,(H,41,53)(H,42,54)(H,43,49)(H,44,55)(H,45,51)(H,46,50)(H,47,52)/t22-,23-,28+,29-,30+,31-,32-/m1/s1. The highest BCUT2D eigenvalue weighted by Gasteiger charge is 2.35. The van der Waals surface area contributed by atoms with Crippen LogP contribution in [0.25, 0.3) is 10.9 Å². The van der Waals surface area contributed by atoms with Gasteiger partial charge in [0.1, 0.15) is 42.3 Å². The molecule has 2 heterocycles. The van der Waals surface area contributed by atoms with Gasteiger partial charge >= 0.3 is 0 Å². The molecule has 0 bridgehead atoms. The lowest BCUT2D eigenvalue weighted by molar-refractivity contribution is -0.136. The van der Waals surface area contributed by atoms with Crippen LogP contribution in [0.2, 0.25) is 0 Å². The van der Waals surface area contributed by atoms with Crippen molar-refractivity contribution in [2.24, 2.45) is 11.8 Å². The number of nitrogens with one attached hydrogen (secondary N) is 8. The molecule has 9 N–H and O–H groups in total. The zero-order chi connectivity index (χ0) is 40.4. The predicted molar refractivity (Wildman–Crippen MR) is 204 cm³/mol. The van der Waals surface area contributed by atoms with Crippen molar-refractivity contribution in [3.8, 4) is 0 Å². The van der Waals surface area contributed by atoms with Crippen LogP contribution in [0, 0.1) is 11.8 Å². The molecule has 2 aromatic carbocycles. The van der Waals surface area contributed by atoms with Gasteiger partial charge in [0.05, 0.1) is 6.61 Å². The van der Waals surface area contributed by atoms with Gasteiger partial charge in [-0.1, -0.05) is 76.2 Å². The van der Waals surface area contributed by atoms with E-state index in [1.165, 1.54) is 13.8 Å². The number of H-pyrrole nitrogens is 1. The normalized spacial score (nSPS) is 25.5. The summed E-state index contributed by atoms with van der Waals surface area (Å²) < 4.78 is 0. The van der Waals surface area contributed by atoms with Crippen LogP contribution in [0.4, 0.5) is 0 Å². The molecule has 0 spiro atoms. The van der Waals surface area contributed by atoms with E-state index >= 15 is 0 Å². The van der Waals surface area contributed by atoms with E-state index in [9.17, 15) is 38.7 Å². The Labute approximate surface area is 319 Å². The van der Waals surface area contributed by atoms with Gasteiger partial charge in [-0.25, -0.2) is 0 Å². The summed E-state index contributed by atoms with van der Waals surface area (Å²) in [6.07, 6.45) is 1.71. The molecular weight excluding hydrogens is 708 g/mol. The molecule has 4 rings (SSSR count). The number of hydrogen-bond acceptors (Lipinski definition) is 8. The number of aromatic amines is 1. The summed E-state index contributed by atoms with van der Waals surface area (Å²) >= 11 is 0. The smallest absolute Gasteiger partial charge is 0.245 e. The van der Waals surface area contributed by atoms with Crippen molar-refractivity contribution in [2.45, 2.75) is 96.7 Å². The van der Waals surface area contributed by atoms with E-state index in [4.69, 9.17) is 0 Å². The number of benzene rings is 2. The predicted octanol–water partition coefficient (Wildman–Crippen LogP) is -0.296. The summed E-state index contributed by atoms with van der Waals surface area (Å²) in [4.78, 5) is 98.5. The average molecular weight is 761 g/mol. The lowest BCUT2D eigenvalue weighted by atomic mass is 9.99. The van der Waals surface area contributed by atoms with Crippen LogP contribution in [0.15, 0.2) is 60.8 Å². The summed E-state index contributed by atoms with van der Waals surface area (Å²) in [5, 5.41) is 29.3. The lowest BCUT2D eigenvalue weighted by Crippen LogP contribution is -2.61. The molecule has 0 unspecified atom stereocenters. The third-order valence-corrected chi connectivity index (χ3v) is 9.46. The summed E-state index contributed by atoms with van der Waals surface area (Å²) in [5.41, 5.74) is 2.18. The zero-order valence-electron chi connectivity index (χ0n) is 31.9. The number of hydrogen-bond donors (Lipinski definition) is 9. The summed E-state index contributed by atoms with van der Waals surface area (Å²) in [7, 11) is 0. The Balaban J connectivity index is 1.70. The molecule has 0 radical (unpaired) electrons. The van der Waals surface area contributed by atoms with Crippen molar-refractivity contribution in [3.63, 3.8) is 0 Å². The first-order valence-electron chi connectivity index (χ1n) is 18.4. The maximum absolute atomic E-state index is 13.9. The first-order valence-corrected chi connectivity index (χ1v) is 18.4. The maximum atomic E-state index is 13.9. The molecule has 1 aliphatic heterocycles. The third kappa shape index (κ3) is 11.1. The number of aliphatic hydroxyl groups excluding tert-OH is 1. The number of aliphatic hydroxyl groups is 1. The van der Waals surface area contributed by atoms with Crippen LogP contribution >= 0.6 is 0 Å². The van der Waals surface area contributed by atoms with E-state index in [0.717, 1.165) is 16.5 Å². The fourth-order valence-corrected chi connectivity index (χ4v) is 6.16. The zero-order valence-corrected chi connectivity index (χ0v) is 31.9. The van der Waals surface area contributed by atoms with Crippen molar-refractivity contribution in [1.29, 1.82) is 0 Å². The van der Waals surface area contributed by atoms with Gasteiger partial charge in [0, 0.05) is 29.9 Å². The van der Waals surface area contributed by atoms with Crippen LogP contribution in [-0.4, -0.2) is 100 Å². The number of para-hydroxylation sites is 1. The lowest BCUT2D eigenvalue weighted by Gasteiger charge is -2.29. The summed E-state index contributed by atoms with van der Waals surface area (Å²) in [6.45, 7) is 8.76. The molecule has 1 aliphatic rings. The fraction of sp³-hybridized carbons (Fsp3) is 0.462. The second-order valence-corrected chi connectivity index (χ2v) is 14.5. The first kappa shape index (κ1) is 42.0. The van der Waals surface area contributed by atoms with Gasteiger partial charge in [-0.05, 0) is 42.9 Å².